The summed E-state index contributed by atoms with van der Waals surface area (Å²) in [5.41, 5.74) is 2.73. The number of hydrogen-bond donors (Lipinski definition) is 4. The molecule has 32 heavy (non-hydrogen) atoms. The van der Waals surface area contributed by atoms with Gasteiger partial charge in [0.05, 0.1) is 16.9 Å². The number of H-pyrrole nitrogens is 2. The van der Waals surface area contributed by atoms with Gasteiger partial charge in [-0.3, -0.25) is 19.4 Å². The molecule has 3 aromatic heterocycles. The Kier molecular flexibility index (Phi) is 3.98. The van der Waals surface area contributed by atoms with Gasteiger partial charge in [0, 0.05) is 17.0 Å². The number of aromatic nitrogens is 3. The molecule has 0 saturated heterocycles. The number of benzene rings is 2. The van der Waals surface area contributed by atoms with Crippen LogP contribution in [0.25, 0.3) is 44.2 Å². The van der Waals surface area contributed by atoms with Crippen LogP contribution in [0.2, 0.25) is 0 Å². The minimum absolute atomic E-state index is 0.172. The van der Waals surface area contributed by atoms with E-state index in [2.05, 4.69) is 10.1 Å². The van der Waals surface area contributed by atoms with Crippen molar-refractivity contribution in [2.24, 2.45) is 0 Å². The van der Waals surface area contributed by atoms with Gasteiger partial charge in [-0.05, 0) is 42.7 Å². The van der Waals surface area contributed by atoms with Gasteiger partial charge in [0.1, 0.15) is 11.2 Å². The molecule has 0 radical (unpaired) electrons. The first-order valence-corrected chi connectivity index (χ1v) is 10.8. The fourth-order valence-corrected chi connectivity index (χ4v) is 4.98. The fraction of sp³-hybridized carbons (Fsp3) is 0.250. The highest BCUT2D eigenvalue weighted by molar-refractivity contribution is 6.14. The maximum atomic E-state index is 13.2. The normalized spacial score (nSPS) is 15.2. The molecule has 0 atom stereocenters. The SMILES string of the molecule is O=c1ccc2c(c1)oc1c(-c3ccc(O)c(O)c3)c3c(=O)[nH]n(C4CCCCC4)c3[nH]c12. The third kappa shape index (κ3) is 2.69. The Labute approximate surface area is 180 Å². The van der Waals surface area contributed by atoms with Crippen molar-refractivity contribution < 1.29 is 14.6 Å². The van der Waals surface area contributed by atoms with E-state index < -0.39 is 0 Å². The molecule has 0 spiro atoms. The average Bonchev–Trinajstić information content (AvgIpc) is 3.32. The summed E-state index contributed by atoms with van der Waals surface area (Å²) in [4.78, 5) is 28.5. The molecule has 2 aromatic carbocycles. The van der Waals surface area contributed by atoms with E-state index in [0.29, 0.717) is 38.8 Å². The second-order valence-corrected chi connectivity index (χ2v) is 8.49. The number of phenols is 2. The van der Waals surface area contributed by atoms with Crippen molar-refractivity contribution in [3.63, 3.8) is 0 Å². The lowest BCUT2D eigenvalue weighted by molar-refractivity contribution is 0.335. The third-order valence-electron chi connectivity index (χ3n) is 6.51. The summed E-state index contributed by atoms with van der Waals surface area (Å²) in [6.07, 6.45) is 5.36. The zero-order chi connectivity index (χ0) is 22.0. The van der Waals surface area contributed by atoms with Gasteiger partial charge in [0.15, 0.2) is 22.5 Å². The van der Waals surface area contributed by atoms with Crippen LogP contribution in [0, 0.1) is 0 Å². The van der Waals surface area contributed by atoms with E-state index in [1.807, 2.05) is 4.68 Å². The monoisotopic (exact) mass is 431 g/mol. The molecule has 1 aliphatic rings. The second-order valence-electron chi connectivity index (χ2n) is 8.49. The zero-order valence-corrected chi connectivity index (χ0v) is 17.1. The summed E-state index contributed by atoms with van der Waals surface area (Å²) in [7, 11) is 0. The molecule has 3 heterocycles. The van der Waals surface area contributed by atoms with Gasteiger partial charge in [-0.15, -0.1) is 0 Å². The van der Waals surface area contributed by atoms with Crippen LogP contribution in [0.15, 0.2) is 50.4 Å². The van der Waals surface area contributed by atoms with Crippen molar-refractivity contribution in [3.05, 3.63) is 57.0 Å². The Balaban J connectivity index is 1.78. The minimum Gasteiger partial charge on any atom is -0.504 e. The summed E-state index contributed by atoms with van der Waals surface area (Å²) >= 11 is 0. The molecular weight excluding hydrogens is 410 g/mol. The number of nitrogens with one attached hydrogen (secondary N) is 2. The molecular formula is C24H21N3O5. The highest BCUT2D eigenvalue weighted by Gasteiger charge is 2.25. The van der Waals surface area contributed by atoms with Crippen LogP contribution in [-0.2, 0) is 0 Å². The molecule has 4 N–H and O–H groups in total. The molecule has 1 fully saturated rings. The molecule has 0 amide bonds. The molecule has 6 rings (SSSR count). The predicted octanol–water partition coefficient (Wildman–Crippen LogP) is 4.50. The first-order chi connectivity index (χ1) is 15.5. The Morgan fingerprint density at radius 3 is 2.56 bits per heavy atom. The minimum atomic E-state index is -0.294. The number of aromatic amines is 2. The van der Waals surface area contributed by atoms with E-state index in [0.717, 1.165) is 31.1 Å². The van der Waals surface area contributed by atoms with Crippen LogP contribution >= 0.6 is 0 Å². The van der Waals surface area contributed by atoms with Crippen LogP contribution in [0.4, 0.5) is 0 Å². The molecule has 0 bridgehead atoms. The van der Waals surface area contributed by atoms with Crippen molar-refractivity contribution in [1.82, 2.24) is 14.8 Å². The molecule has 0 aliphatic heterocycles. The number of aromatic hydroxyl groups is 2. The first kappa shape index (κ1) is 18.8. The van der Waals surface area contributed by atoms with Crippen LogP contribution in [-0.4, -0.2) is 25.0 Å². The van der Waals surface area contributed by atoms with Crippen molar-refractivity contribution in [2.45, 2.75) is 38.1 Å². The summed E-state index contributed by atoms with van der Waals surface area (Å²) in [5.74, 6) is -0.546. The lowest BCUT2D eigenvalue weighted by Crippen LogP contribution is -2.16. The standard InChI is InChI=1S/C24H21N3O5/c28-14-7-8-15-18(11-14)32-22-19(12-6-9-16(29)17(30)10-12)20-23(25-21(15)22)27(26-24(20)31)13-4-2-1-3-5-13/h6-11,13,25,29-30H,1-5H2,(H,26,31). The quantitative estimate of drug-likeness (QED) is 0.306. The summed E-state index contributed by atoms with van der Waals surface area (Å²) in [6.45, 7) is 0. The smallest absolute Gasteiger partial charge is 0.274 e. The van der Waals surface area contributed by atoms with Crippen molar-refractivity contribution in [3.8, 4) is 22.6 Å². The number of hydrogen-bond acceptors (Lipinski definition) is 5. The van der Waals surface area contributed by atoms with Gasteiger partial charge < -0.3 is 19.6 Å². The average molecular weight is 431 g/mol. The Morgan fingerprint density at radius 2 is 1.78 bits per heavy atom. The largest absolute Gasteiger partial charge is 0.504 e. The first-order valence-electron chi connectivity index (χ1n) is 10.8. The van der Waals surface area contributed by atoms with Gasteiger partial charge >= 0.3 is 0 Å². The molecule has 162 valence electrons. The lowest BCUT2D eigenvalue weighted by atomic mass is 9.95. The van der Waals surface area contributed by atoms with E-state index in [1.54, 1.807) is 12.1 Å². The zero-order valence-electron chi connectivity index (χ0n) is 17.1. The summed E-state index contributed by atoms with van der Waals surface area (Å²) in [5, 5.41) is 24.1. The van der Waals surface area contributed by atoms with Crippen LogP contribution in [0.1, 0.15) is 38.1 Å². The Bertz CT molecular complexity index is 1630. The van der Waals surface area contributed by atoms with Crippen LogP contribution in [0.3, 0.4) is 0 Å². The van der Waals surface area contributed by atoms with Gasteiger partial charge in [0.2, 0.25) is 0 Å². The number of phenolic OH excluding ortho intramolecular Hbond substituents is 2. The van der Waals surface area contributed by atoms with Crippen molar-refractivity contribution in [2.75, 3.05) is 0 Å². The van der Waals surface area contributed by atoms with Gasteiger partial charge in [-0.25, -0.2) is 0 Å². The topological polar surface area (TPSA) is 124 Å². The molecule has 1 saturated carbocycles. The number of furan rings is 1. The van der Waals surface area contributed by atoms with Crippen molar-refractivity contribution >= 4 is 33.1 Å². The maximum absolute atomic E-state index is 13.2. The van der Waals surface area contributed by atoms with Gasteiger partial charge in [-0.1, -0.05) is 25.3 Å². The van der Waals surface area contributed by atoms with E-state index in [9.17, 15) is 19.8 Å². The van der Waals surface area contributed by atoms with E-state index in [-0.39, 0.29) is 28.5 Å². The van der Waals surface area contributed by atoms with Gasteiger partial charge in [0.25, 0.3) is 5.56 Å². The Morgan fingerprint density at radius 1 is 0.969 bits per heavy atom. The highest BCUT2D eigenvalue weighted by atomic mass is 16.3. The van der Waals surface area contributed by atoms with Crippen LogP contribution < -0.4 is 11.0 Å². The molecule has 8 heteroatoms. The molecule has 8 nitrogen and oxygen atoms in total. The third-order valence-corrected chi connectivity index (χ3v) is 6.51. The number of pyridine rings is 1. The summed E-state index contributed by atoms with van der Waals surface area (Å²) in [6, 6.07) is 9.21. The highest BCUT2D eigenvalue weighted by Crippen LogP contribution is 2.41. The van der Waals surface area contributed by atoms with Crippen LogP contribution in [0.5, 0.6) is 11.5 Å². The molecule has 1 aliphatic carbocycles. The molecule has 5 aromatic rings. The fourth-order valence-electron chi connectivity index (χ4n) is 4.98. The van der Waals surface area contributed by atoms with E-state index >= 15 is 0 Å². The predicted molar refractivity (Wildman–Crippen MR) is 121 cm³/mol. The van der Waals surface area contributed by atoms with Crippen molar-refractivity contribution in [1.29, 1.82) is 0 Å². The van der Waals surface area contributed by atoms with E-state index in [1.165, 1.54) is 30.7 Å². The number of fused-ring (bicyclic) bond motifs is 4. The maximum Gasteiger partial charge on any atom is 0.274 e. The van der Waals surface area contributed by atoms with Gasteiger partial charge in [-0.2, -0.15) is 0 Å². The summed E-state index contributed by atoms with van der Waals surface area (Å²) < 4.78 is 7.99. The Hall–Kier alpha value is -3.94. The van der Waals surface area contributed by atoms with E-state index in [4.69, 9.17) is 4.42 Å². The molecule has 0 unspecified atom stereocenters. The number of rotatable bonds is 2. The lowest BCUT2D eigenvalue weighted by Gasteiger charge is -2.23. The number of nitrogens with zero attached hydrogens (tertiary/aromatic N) is 1. The second kappa shape index (κ2) is 6.78.